The van der Waals surface area contributed by atoms with E-state index in [1.165, 1.54) is 22.7 Å². The molecule has 0 saturated heterocycles. The summed E-state index contributed by atoms with van der Waals surface area (Å²) in [6.07, 6.45) is 3.32. The number of sulfonamides is 1. The van der Waals surface area contributed by atoms with E-state index in [9.17, 15) is 17.6 Å². The standard InChI is InChI=1S/C19H19FN2O3S/c1-26(24,25)22-10-8-14-11-15(4-6-18(14)22)19(23)21-9-2-3-13-12-16(20)5-7-17(13)21/h4-7,11-12H,2-3,8-10H2,1H3. The summed E-state index contributed by atoms with van der Waals surface area (Å²) in [5.41, 5.74) is 3.62. The van der Waals surface area contributed by atoms with Crippen LogP contribution < -0.4 is 9.21 Å². The Kier molecular flexibility index (Phi) is 3.99. The minimum absolute atomic E-state index is 0.141. The Balaban J connectivity index is 1.67. The number of fused-ring (bicyclic) bond motifs is 2. The van der Waals surface area contributed by atoms with Gasteiger partial charge in [0.1, 0.15) is 5.82 Å². The van der Waals surface area contributed by atoms with Gasteiger partial charge in [0.2, 0.25) is 10.0 Å². The summed E-state index contributed by atoms with van der Waals surface area (Å²) < 4.78 is 38.5. The highest BCUT2D eigenvalue weighted by molar-refractivity contribution is 7.92. The summed E-state index contributed by atoms with van der Waals surface area (Å²) in [5.74, 6) is -0.436. The number of carbonyl (C=O) groups is 1. The summed E-state index contributed by atoms with van der Waals surface area (Å²) >= 11 is 0. The molecule has 0 unspecified atom stereocenters. The molecule has 1 amide bonds. The van der Waals surface area contributed by atoms with Crippen molar-refractivity contribution < 1.29 is 17.6 Å². The van der Waals surface area contributed by atoms with Crippen molar-refractivity contribution in [3.8, 4) is 0 Å². The van der Waals surface area contributed by atoms with Crippen LogP contribution in [0, 0.1) is 5.82 Å². The van der Waals surface area contributed by atoms with E-state index in [-0.39, 0.29) is 11.7 Å². The van der Waals surface area contributed by atoms with Gasteiger partial charge in [-0.2, -0.15) is 0 Å². The molecule has 26 heavy (non-hydrogen) atoms. The van der Waals surface area contributed by atoms with Crippen LogP contribution in [0.1, 0.15) is 27.9 Å². The van der Waals surface area contributed by atoms with E-state index in [2.05, 4.69) is 0 Å². The number of rotatable bonds is 2. The lowest BCUT2D eigenvalue weighted by atomic mass is 10.00. The lowest BCUT2D eigenvalue weighted by molar-refractivity contribution is 0.0985. The van der Waals surface area contributed by atoms with E-state index in [0.29, 0.717) is 30.8 Å². The van der Waals surface area contributed by atoms with Gasteiger partial charge in [0.15, 0.2) is 0 Å². The Morgan fingerprint density at radius 1 is 1.00 bits per heavy atom. The van der Waals surface area contributed by atoms with Crippen LogP contribution in [-0.4, -0.2) is 33.7 Å². The SMILES string of the molecule is CS(=O)(=O)N1CCc2cc(C(=O)N3CCCc4cc(F)ccc43)ccc21. The number of carbonyl (C=O) groups excluding carboxylic acids is 1. The highest BCUT2D eigenvalue weighted by atomic mass is 32.2. The van der Waals surface area contributed by atoms with Gasteiger partial charge in [-0.05, 0) is 66.8 Å². The van der Waals surface area contributed by atoms with Crippen LogP contribution in [0.4, 0.5) is 15.8 Å². The number of nitrogens with zero attached hydrogens (tertiary/aromatic N) is 2. The summed E-state index contributed by atoms with van der Waals surface area (Å²) in [6, 6.07) is 9.66. The average Bonchev–Trinajstić information content (AvgIpc) is 3.03. The maximum absolute atomic E-state index is 13.5. The summed E-state index contributed by atoms with van der Waals surface area (Å²) in [5, 5.41) is 0. The van der Waals surface area contributed by atoms with Gasteiger partial charge in [-0.3, -0.25) is 9.10 Å². The fourth-order valence-electron chi connectivity index (χ4n) is 3.78. The van der Waals surface area contributed by atoms with Crippen LogP contribution >= 0.6 is 0 Å². The zero-order valence-corrected chi connectivity index (χ0v) is 15.2. The topological polar surface area (TPSA) is 57.7 Å². The number of anilines is 2. The molecule has 2 aliphatic heterocycles. The molecule has 0 radical (unpaired) electrons. The molecule has 2 aromatic rings. The molecule has 2 aromatic carbocycles. The molecule has 0 N–H and O–H groups in total. The van der Waals surface area contributed by atoms with E-state index >= 15 is 0 Å². The first-order valence-corrected chi connectivity index (χ1v) is 10.4. The molecule has 0 fully saturated rings. The van der Waals surface area contributed by atoms with Gasteiger partial charge >= 0.3 is 0 Å². The maximum Gasteiger partial charge on any atom is 0.258 e. The Morgan fingerprint density at radius 3 is 2.50 bits per heavy atom. The van der Waals surface area contributed by atoms with Crippen molar-refractivity contribution in [2.45, 2.75) is 19.3 Å². The largest absolute Gasteiger partial charge is 0.308 e. The average molecular weight is 374 g/mol. The zero-order valence-electron chi connectivity index (χ0n) is 14.4. The molecule has 5 nitrogen and oxygen atoms in total. The minimum atomic E-state index is -3.31. The Hall–Kier alpha value is -2.41. The lowest BCUT2D eigenvalue weighted by Gasteiger charge is -2.29. The van der Waals surface area contributed by atoms with Gasteiger partial charge in [0.05, 0.1) is 11.9 Å². The van der Waals surface area contributed by atoms with Crippen LogP contribution in [0.25, 0.3) is 0 Å². The van der Waals surface area contributed by atoms with Gasteiger partial charge in [0, 0.05) is 24.3 Å². The third kappa shape index (κ3) is 2.86. The van der Waals surface area contributed by atoms with Crippen molar-refractivity contribution in [1.29, 1.82) is 0 Å². The predicted octanol–water partition coefficient (Wildman–Crippen LogP) is 2.74. The number of hydrogen-bond acceptors (Lipinski definition) is 3. The van der Waals surface area contributed by atoms with Crippen molar-refractivity contribution in [3.05, 3.63) is 58.9 Å². The minimum Gasteiger partial charge on any atom is -0.308 e. The summed E-state index contributed by atoms with van der Waals surface area (Å²) in [6.45, 7) is 0.988. The van der Waals surface area contributed by atoms with E-state index < -0.39 is 10.0 Å². The number of amides is 1. The third-order valence-corrected chi connectivity index (χ3v) is 6.16. The second kappa shape index (κ2) is 6.09. The van der Waals surface area contributed by atoms with Crippen molar-refractivity contribution in [2.75, 3.05) is 28.6 Å². The summed E-state index contributed by atoms with van der Waals surface area (Å²) in [7, 11) is -3.31. The van der Waals surface area contributed by atoms with Gasteiger partial charge < -0.3 is 4.90 Å². The molecule has 0 bridgehead atoms. The molecule has 0 aromatic heterocycles. The second-order valence-corrected chi connectivity index (χ2v) is 8.67. The molecular formula is C19H19FN2O3S. The smallest absolute Gasteiger partial charge is 0.258 e. The van der Waals surface area contributed by atoms with Crippen LogP contribution in [0.15, 0.2) is 36.4 Å². The van der Waals surface area contributed by atoms with Crippen LogP contribution in [0.5, 0.6) is 0 Å². The Morgan fingerprint density at radius 2 is 1.73 bits per heavy atom. The molecule has 7 heteroatoms. The Labute approximate surface area is 152 Å². The predicted molar refractivity (Wildman–Crippen MR) is 98.7 cm³/mol. The van der Waals surface area contributed by atoms with E-state index in [1.54, 1.807) is 29.2 Å². The number of aryl methyl sites for hydroxylation is 1. The van der Waals surface area contributed by atoms with Crippen molar-refractivity contribution >= 4 is 27.3 Å². The summed E-state index contributed by atoms with van der Waals surface area (Å²) in [4.78, 5) is 14.7. The van der Waals surface area contributed by atoms with E-state index in [4.69, 9.17) is 0 Å². The van der Waals surface area contributed by atoms with E-state index in [1.807, 2.05) is 0 Å². The van der Waals surface area contributed by atoms with E-state index in [0.717, 1.165) is 29.7 Å². The molecule has 2 heterocycles. The van der Waals surface area contributed by atoms with Crippen molar-refractivity contribution in [2.24, 2.45) is 0 Å². The molecule has 4 rings (SSSR count). The van der Waals surface area contributed by atoms with Gasteiger partial charge in [-0.15, -0.1) is 0 Å². The van der Waals surface area contributed by atoms with Gasteiger partial charge in [-0.1, -0.05) is 0 Å². The quantitative estimate of drug-likeness (QED) is 0.812. The van der Waals surface area contributed by atoms with Crippen molar-refractivity contribution in [3.63, 3.8) is 0 Å². The fourth-order valence-corrected chi connectivity index (χ4v) is 4.74. The molecule has 0 spiro atoms. The van der Waals surface area contributed by atoms with Crippen LogP contribution in [0.2, 0.25) is 0 Å². The normalized spacial score (nSPS) is 16.4. The van der Waals surface area contributed by atoms with Crippen molar-refractivity contribution in [1.82, 2.24) is 0 Å². The molecule has 136 valence electrons. The molecule has 2 aliphatic rings. The number of halogens is 1. The maximum atomic E-state index is 13.5. The first-order valence-electron chi connectivity index (χ1n) is 8.55. The Bertz CT molecular complexity index is 1000. The molecule has 0 atom stereocenters. The van der Waals surface area contributed by atoms with Crippen LogP contribution in [-0.2, 0) is 22.9 Å². The number of benzene rings is 2. The second-order valence-electron chi connectivity index (χ2n) is 6.76. The van der Waals surface area contributed by atoms with Crippen LogP contribution in [0.3, 0.4) is 0 Å². The first kappa shape index (κ1) is 17.0. The highest BCUT2D eigenvalue weighted by Gasteiger charge is 2.29. The third-order valence-electron chi connectivity index (χ3n) is 4.99. The highest BCUT2D eigenvalue weighted by Crippen LogP contribution is 2.33. The fraction of sp³-hybridized carbons (Fsp3) is 0.316. The monoisotopic (exact) mass is 374 g/mol. The van der Waals surface area contributed by atoms with Gasteiger partial charge in [-0.25, -0.2) is 12.8 Å². The molecular weight excluding hydrogens is 355 g/mol. The number of hydrogen-bond donors (Lipinski definition) is 0. The lowest BCUT2D eigenvalue weighted by Crippen LogP contribution is -2.35. The van der Waals surface area contributed by atoms with Gasteiger partial charge in [0.25, 0.3) is 5.91 Å². The molecule has 0 aliphatic carbocycles. The molecule has 0 saturated carbocycles. The first-order chi connectivity index (χ1) is 12.3. The zero-order chi connectivity index (χ0) is 18.5.